The molecule has 1 aliphatic rings. The molecule has 0 amide bonds. The van der Waals surface area contributed by atoms with Gasteiger partial charge in [-0.05, 0) is 21.7 Å². The molecule has 2 N–H and O–H groups in total. The smallest absolute Gasteiger partial charge is 0.0672 e. The van der Waals surface area contributed by atoms with Crippen LogP contribution >= 0.6 is 0 Å². The lowest BCUT2D eigenvalue weighted by molar-refractivity contribution is -0.127. The molecule has 0 aromatic rings. The van der Waals surface area contributed by atoms with Crippen molar-refractivity contribution in [1.29, 1.82) is 0 Å². The van der Waals surface area contributed by atoms with E-state index in [1.807, 2.05) is 13.8 Å². The summed E-state index contributed by atoms with van der Waals surface area (Å²) >= 11 is 0. The largest absolute Gasteiger partial charge is 0.392 e. The quantitative estimate of drug-likeness (QED) is 0.656. The van der Waals surface area contributed by atoms with Crippen LogP contribution in [0.1, 0.15) is 69.2 Å². The second-order valence-corrected chi connectivity index (χ2v) is 9.32. The first kappa shape index (κ1) is 17.0. The maximum Gasteiger partial charge on any atom is 0.0672 e. The zero-order valence-electron chi connectivity index (χ0n) is 14.5. The first-order chi connectivity index (χ1) is 8.06. The molecule has 0 aromatic carbocycles. The van der Waals surface area contributed by atoms with E-state index in [1.54, 1.807) is 0 Å². The fourth-order valence-electron chi connectivity index (χ4n) is 4.30. The van der Waals surface area contributed by atoms with Gasteiger partial charge in [-0.2, -0.15) is 0 Å². The Kier molecular flexibility index (Phi) is 3.55. The van der Waals surface area contributed by atoms with E-state index in [-0.39, 0.29) is 21.7 Å². The normalized spacial score (nSPS) is 38.5. The monoisotopic (exact) mass is 270 g/mol. The Balaban J connectivity index is 3.68. The molecule has 0 saturated heterocycles. The van der Waals surface area contributed by atoms with E-state index >= 15 is 0 Å². The highest BCUT2D eigenvalue weighted by Gasteiger charge is 2.66. The lowest BCUT2D eigenvalue weighted by atomic mass is 9.47. The van der Waals surface area contributed by atoms with Crippen LogP contribution in [0, 0.1) is 27.1 Å². The second-order valence-electron chi connectivity index (χ2n) is 9.32. The van der Waals surface area contributed by atoms with Crippen molar-refractivity contribution in [2.24, 2.45) is 27.1 Å². The summed E-state index contributed by atoms with van der Waals surface area (Å²) in [6.07, 6.45) is -1.10. The zero-order valence-corrected chi connectivity index (χ0v) is 14.5. The van der Waals surface area contributed by atoms with E-state index in [4.69, 9.17) is 0 Å². The summed E-state index contributed by atoms with van der Waals surface area (Å²) in [7, 11) is 0. The van der Waals surface area contributed by atoms with E-state index in [9.17, 15) is 10.2 Å². The molecule has 1 saturated carbocycles. The van der Waals surface area contributed by atoms with Crippen molar-refractivity contribution in [3.05, 3.63) is 0 Å². The molecule has 0 radical (unpaired) electrons. The Morgan fingerprint density at radius 1 is 0.526 bits per heavy atom. The summed E-state index contributed by atoms with van der Waals surface area (Å²) < 4.78 is 0. The molecule has 1 rings (SSSR count). The van der Waals surface area contributed by atoms with Crippen molar-refractivity contribution in [3.63, 3.8) is 0 Å². The van der Waals surface area contributed by atoms with Crippen LogP contribution in [0.5, 0.6) is 0 Å². The van der Waals surface area contributed by atoms with Gasteiger partial charge in [0, 0.05) is 5.41 Å². The number of aliphatic hydroxyl groups is 2. The Hall–Kier alpha value is -0.0800. The van der Waals surface area contributed by atoms with Crippen LogP contribution in [-0.2, 0) is 0 Å². The van der Waals surface area contributed by atoms with E-state index in [2.05, 4.69) is 55.4 Å². The first-order valence-electron chi connectivity index (χ1n) is 7.42. The Bertz CT molecular complexity index is 327. The fraction of sp³-hybridized carbons (Fsp3) is 1.00. The van der Waals surface area contributed by atoms with Gasteiger partial charge in [-0.1, -0.05) is 69.2 Å². The summed E-state index contributed by atoms with van der Waals surface area (Å²) in [5, 5.41) is 21.9. The SMILES string of the molecule is CC1(C)C(O)C(C)(C)C(C)(C)C(C)(C)C(C)(C)C1O. The van der Waals surface area contributed by atoms with Gasteiger partial charge in [0.1, 0.15) is 0 Å². The van der Waals surface area contributed by atoms with Crippen LogP contribution in [0.2, 0.25) is 0 Å². The van der Waals surface area contributed by atoms with Crippen LogP contribution in [0.4, 0.5) is 0 Å². The highest BCUT2D eigenvalue weighted by Crippen LogP contribution is 2.67. The molecule has 2 atom stereocenters. The molecule has 19 heavy (non-hydrogen) atoms. The summed E-state index contributed by atoms with van der Waals surface area (Å²) in [4.78, 5) is 0. The van der Waals surface area contributed by atoms with Crippen molar-refractivity contribution in [1.82, 2.24) is 0 Å². The van der Waals surface area contributed by atoms with Crippen molar-refractivity contribution in [2.75, 3.05) is 0 Å². The Morgan fingerprint density at radius 3 is 0.947 bits per heavy atom. The van der Waals surface area contributed by atoms with Gasteiger partial charge in [0.15, 0.2) is 0 Å². The van der Waals surface area contributed by atoms with E-state index in [0.29, 0.717) is 0 Å². The molecular formula is C17H34O2. The topological polar surface area (TPSA) is 40.5 Å². The van der Waals surface area contributed by atoms with E-state index < -0.39 is 17.6 Å². The number of rotatable bonds is 0. The third kappa shape index (κ3) is 1.75. The molecule has 0 spiro atoms. The molecule has 0 heterocycles. The predicted molar refractivity (Wildman–Crippen MR) is 80.9 cm³/mol. The fourth-order valence-corrected chi connectivity index (χ4v) is 4.30. The molecule has 0 aromatic heterocycles. The summed E-state index contributed by atoms with van der Waals surface area (Å²) in [6.45, 7) is 21.4. The molecule has 114 valence electrons. The van der Waals surface area contributed by atoms with Gasteiger partial charge in [0.2, 0.25) is 0 Å². The summed E-state index contributed by atoms with van der Waals surface area (Å²) in [5.74, 6) is 0. The first-order valence-corrected chi connectivity index (χ1v) is 7.42. The van der Waals surface area contributed by atoms with Crippen LogP contribution in [0.15, 0.2) is 0 Å². The molecule has 2 nitrogen and oxygen atoms in total. The third-order valence-electron chi connectivity index (χ3n) is 7.56. The average Bonchev–Trinajstić information content (AvgIpc) is 2.25. The van der Waals surface area contributed by atoms with Gasteiger partial charge < -0.3 is 10.2 Å². The van der Waals surface area contributed by atoms with Crippen molar-refractivity contribution >= 4 is 0 Å². The van der Waals surface area contributed by atoms with E-state index in [0.717, 1.165) is 0 Å². The number of hydrogen-bond donors (Lipinski definition) is 2. The lowest BCUT2D eigenvalue weighted by Crippen LogP contribution is -2.54. The van der Waals surface area contributed by atoms with Gasteiger partial charge in [0.25, 0.3) is 0 Å². The Morgan fingerprint density at radius 2 is 0.737 bits per heavy atom. The van der Waals surface area contributed by atoms with Crippen LogP contribution in [0.25, 0.3) is 0 Å². The highest BCUT2D eigenvalue weighted by atomic mass is 16.3. The number of aliphatic hydroxyl groups excluding tert-OH is 2. The molecule has 1 fully saturated rings. The van der Waals surface area contributed by atoms with Gasteiger partial charge in [-0.15, -0.1) is 0 Å². The van der Waals surface area contributed by atoms with E-state index in [1.165, 1.54) is 0 Å². The van der Waals surface area contributed by atoms with Gasteiger partial charge >= 0.3 is 0 Å². The van der Waals surface area contributed by atoms with Crippen molar-refractivity contribution < 1.29 is 10.2 Å². The maximum atomic E-state index is 11.0. The van der Waals surface area contributed by atoms with Gasteiger partial charge in [-0.25, -0.2) is 0 Å². The second kappa shape index (κ2) is 3.98. The summed E-state index contributed by atoms with van der Waals surface area (Å²) in [6, 6.07) is 0. The summed E-state index contributed by atoms with van der Waals surface area (Å²) in [5.41, 5.74) is -1.32. The molecule has 0 aliphatic heterocycles. The van der Waals surface area contributed by atoms with Crippen LogP contribution < -0.4 is 0 Å². The maximum absolute atomic E-state index is 11.0. The molecule has 0 bridgehead atoms. The molecule has 1 aliphatic carbocycles. The lowest BCUT2D eigenvalue weighted by Gasteiger charge is -2.57. The number of hydrogen-bond acceptors (Lipinski definition) is 2. The minimum Gasteiger partial charge on any atom is -0.392 e. The molecule has 2 unspecified atom stereocenters. The zero-order chi connectivity index (χ0) is 15.7. The average molecular weight is 270 g/mol. The standard InChI is InChI=1S/C17H34O2/c1-13(2)11(18)14(3,4)16(7,8)17(9,10)15(5,6)12(13)19/h11-12,18-19H,1-10H3. The molecule has 2 heteroatoms. The Labute approximate surface area is 119 Å². The highest BCUT2D eigenvalue weighted by molar-refractivity contribution is 5.14. The minimum atomic E-state index is -0.550. The van der Waals surface area contributed by atoms with Crippen molar-refractivity contribution in [2.45, 2.75) is 81.4 Å². The molecular weight excluding hydrogens is 236 g/mol. The van der Waals surface area contributed by atoms with Crippen LogP contribution in [-0.4, -0.2) is 22.4 Å². The minimum absolute atomic E-state index is 0.113. The van der Waals surface area contributed by atoms with Gasteiger partial charge in [-0.3, -0.25) is 0 Å². The third-order valence-corrected chi connectivity index (χ3v) is 7.56. The predicted octanol–water partition coefficient (Wildman–Crippen LogP) is 3.85. The van der Waals surface area contributed by atoms with Crippen molar-refractivity contribution in [3.8, 4) is 0 Å². The van der Waals surface area contributed by atoms with Crippen LogP contribution in [0.3, 0.4) is 0 Å². The van der Waals surface area contributed by atoms with Gasteiger partial charge in [0.05, 0.1) is 12.2 Å².